The van der Waals surface area contributed by atoms with E-state index in [-0.39, 0.29) is 6.10 Å². The van der Waals surface area contributed by atoms with Gasteiger partial charge in [-0.2, -0.15) is 0 Å². The second kappa shape index (κ2) is 6.77. The van der Waals surface area contributed by atoms with E-state index < -0.39 is 0 Å². The van der Waals surface area contributed by atoms with Crippen LogP contribution in [-0.4, -0.2) is 19.8 Å². The zero-order valence-electron chi connectivity index (χ0n) is 11.7. The summed E-state index contributed by atoms with van der Waals surface area (Å²) in [6.07, 6.45) is 1.29. The van der Waals surface area contributed by atoms with E-state index in [2.05, 4.69) is 51.2 Å². The molecule has 0 bridgehead atoms. The average Bonchev–Trinajstić information content (AvgIpc) is 2.31. The fourth-order valence-corrected chi connectivity index (χ4v) is 2.13. The van der Waals surface area contributed by atoms with E-state index in [1.165, 1.54) is 16.7 Å². The van der Waals surface area contributed by atoms with Crippen LogP contribution >= 0.6 is 0 Å². The van der Waals surface area contributed by atoms with Crippen molar-refractivity contribution in [1.82, 2.24) is 5.32 Å². The van der Waals surface area contributed by atoms with Gasteiger partial charge >= 0.3 is 0 Å². The van der Waals surface area contributed by atoms with Gasteiger partial charge < -0.3 is 10.1 Å². The summed E-state index contributed by atoms with van der Waals surface area (Å²) >= 11 is 0. The Morgan fingerprint density at radius 2 is 2.00 bits per heavy atom. The maximum atomic E-state index is 5.38. The highest BCUT2D eigenvalue weighted by atomic mass is 16.5. The fraction of sp³-hybridized carbons (Fsp3) is 0.600. The third-order valence-corrected chi connectivity index (χ3v) is 3.23. The van der Waals surface area contributed by atoms with Crippen LogP contribution in [0.2, 0.25) is 0 Å². The molecule has 0 aliphatic rings. The van der Waals surface area contributed by atoms with Crippen LogP contribution in [0.5, 0.6) is 0 Å². The molecule has 2 unspecified atom stereocenters. The maximum Gasteiger partial charge on any atom is 0.0561 e. The van der Waals surface area contributed by atoms with E-state index in [1.54, 1.807) is 7.11 Å². The molecule has 0 aliphatic heterocycles. The lowest BCUT2D eigenvalue weighted by Crippen LogP contribution is -2.25. The predicted molar refractivity (Wildman–Crippen MR) is 73.4 cm³/mol. The van der Waals surface area contributed by atoms with Crippen LogP contribution in [-0.2, 0) is 4.74 Å². The molecule has 0 aliphatic carbocycles. The van der Waals surface area contributed by atoms with Gasteiger partial charge in [-0.3, -0.25) is 0 Å². The van der Waals surface area contributed by atoms with Crippen LogP contribution in [0.25, 0.3) is 0 Å². The number of rotatable bonds is 6. The number of methoxy groups -OCH3 is 1. The Labute approximate surface area is 105 Å². The first-order chi connectivity index (χ1) is 8.08. The van der Waals surface area contributed by atoms with E-state index in [4.69, 9.17) is 4.74 Å². The quantitative estimate of drug-likeness (QED) is 0.816. The molecule has 96 valence electrons. The highest BCUT2D eigenvalue weighted by Gasteiger charge is 2.16. The van der Waals surface area contributed by atoms with Crippen molar-refractivity contribution in [3.8, 4) is 0 Å². The molecule has 0 saturated carbocycles. The molecular formula is C15H25NO. The fourth-order valence-electron chi connectivity index (χ4n) is 2.13. The van der Waals surface area contributed by atoms with Crippen LogP contribution in [0.3, 0.4) is 0 Å². The van der Waals surface area contributed by atoms with Gasteiger partial charge in [-0.15, -0.1) is 0 Å². The molecule has 0 spiro atoms. The third kappa shape index (κ3) is 4.14. The van der Waals surface area contributed by atoms with Crippen LogP contribution in [0.4, 0.5) is 0 Å². The van der Waals surface area contributed by atoms with Crippen molar-refractivity contribution in [2.75, 3.05) is 13.7 Å². The van der Waals surface area contributed by atoms with E-state index >= 15 is 0 Å². The molecule has 1 N–H and O–H groups in total. The summed E-state index contributed by atoms with van der Waals surface area (Å²) in [5, 5.41) is 3.55. The molecule has 1 aromatic carbocycles. The van der Waals surface area contributed by atoms with Gasteiger partial charge in [-0.05, 0) is 44.9 Å². The Balaban J connectivity index is 2.91. The summed E-state index contributed by atoms with van der Waals surface area (Å²) in [5.74, 6) is 0. The number of hydrogen-bond acceptors (Lipinski definition) is 2. The summed E-state index contributed by atoms with van der Waals surface area (Å²) in [6.45, 7) is 9.57. The van der Waals surface area contributed by atoms with Gasteiger partial charge in [-0.1, -0.05) is 30.7 Å². The smallest absolute Gasteiger partial charge is 0.0561 e. The first-order valence-electron chi connectivity index (χ1n) is 6.41. The Bertz CT molecular complexity index is 349. The molecule has 2 atom stereocenters. The molecule has 1 aromatic rings. The van der Waals surface area contributed by atoms with Gasteiger partial charge in [0.15, 0.2) is 0 Å². The lowest BCUT2D eigenvalue weighted by molar-refractivity contribution is 0.100. The lowest BCUT2D eigenvalue weighted by Gasteiger charge is -2.23. The Morgan fingerprint density at radius 1 is 1.29 bits per heavy atom. The topological polar surface area (TPSA) is 21.3 Å². The van der Waals surface area contributed by atoms with Gasteiger partial charge in [-0.25, -0.2) is 0 Å². The van der Waals surface area contributed by atoms with Gasteiger partial charge in [0.2, 0.25) is 0 Å². The molecule has 0 saturated heterocycles. The van der Waals surface area contributed by atoms with Gasteiger partial charge in [0.25, 0.3) is 0 Å². The van der Waals surface area contributed by atoms with Crippen molar-refractivity contribution in [2.45, 2.75) is 46.3 Å². The van der Waals surface area contributed by atoms with Crippen molar-refractivity contribution in [3.05, 3.63) is 34.9 Å². The minimum Gasteiger partial charge on any atom is -0.382 e. The summed E-state index contributed by atoms with van der Waals surface area (Å²) < 4.78 is 5.38. The van der Waals surface area contributed by atoms with Crippen molar-refractivity contribution in [2.24, 2.45) is 0 Å². The Morgan fingerprint density at radius 3 is 2.59 bits per heavy atom. The van der Waals surface area contributed by atoms with E-state index in [9.17, 15) is 0 Å². The van der Waals surface area contributed by atoms with Gasteiger partial charge in [0, 0.05) is 13.2 Å². The largest absolute Gasteiger partial charge is 0.382 e. The van der Waals surface area contributed by atoms with Crippen LogP contribution in [0, 0.1) is 13.8 Å². The maximum absolute atomic E-state index is 5.38. The highest BCUT2D eigenvalue weighted by molar-refractivity contribution is 5.33. The second-order valence-corrected chi connectivity index (χ2v) is 4.75. The van der Waals surface area contributed by atoms with Crippen molar-refractivity contribution in [1.29, 1.82) is 0 Å². The van der Waals surface area contributed by atoms with Crippen molar-refractivity contribution in [3.63, 3.8) is 0 Å². The minimum atomic E-state index is 0.277. The first-order valence-corrected chi connectivity index (χ1v) is 6.41. The molecule has 0 amide bonds. The molecule has 1 rings (SSSR count). The number of ether oxygens (including phenoxy) is 1. The summed E-state index contributed by atoms with van der Waals surface area (Å²) in [4.78, 5) is 0. The highest BCUT2D eigenvalue weighted by Crippen LogP contribution is 2.24. The number of benzene rings is 1. The zero-order valence-corrected chi connectivity index (χ0v) is 11.7. The molecule has 2 heteroatoms. The molecule has 0 aromatic heterocycles. The molecular weight excluding hydrogens is 210 g/mol. The van der Waals surface area contributed by atoms with Crippen LogP contribution in [0.15, 0.2) is 18.2 Å². The first kappa shape index (κ1) is 14.2. The van der Waals surface area contributed by atoms with E-state index in [0.29, 0.717) is 6.04 Å². The molecule has 2 nitrogen and oxygen atoms in total. The third-order valence-electron chi connectivity index (χ3n) is 3.23. The predicted octanol–water partition coefficient (Wildman–Crippen LogP) is 3.38. The second-order valence-electron chi connectivity index (χ2n) is 4.75. The Hall–Kier alpha value is -0.860. The normalized spacial score (nSPS) is 14.6. The SMILES string of the molecule is CCNC(CC(C)OC)c1cc(C)ccc1C. The number of aryl methyl sites for hydroxylation is 2. The summed E-state index contributed by atoms with van der Waals surface area (Å²) in [6, 6.07) is 7.04. The zero-order chi connectivity index (χ0) is 12.8. The lowest BCUT2D eigenvalue weighted by atomic mass is 9.95. The van der Waals surface area contributed by atoms with Crippen LogP contribution in [0.1, 0.15) is 43.0 Å². The van der Waals surface area contributed by atoms with Gasteiger partial charge in [0.1, 0.15) is 0 Å². The minimum absolute atomic E-state index is 0.277. The summed E-state index contributed by atoms with van der Waals surface area (Å²) in [7, 11) is 1.77. The molecule has 0 heterocycles. The van der Waals surface area contributed by atoms with E-state index in [0.717, 1.165) is 13.0 Å². The molecule has 0 radical (unpaired) electrons. The molecule has 0 fully saturated rings. The standard InChI is InChI=1S/C15H25NO/c1-6-16-15(10-13(4)17-5)14-9-11(2)7-8-12(14)3/h7-9,13,15-16H,6,10H2,1-5H3. The molecule has 17 heavy (non-hydrogen) atoms. The van der Waals surface area contributed by atoms with Crippen molar-refractivity contribution < 1.29 is 4.74 Å². The summed E-state index contributed by atoms with van der Waals surface area (Å²) in [5.41, 5.74) is 4.07. The number of hydrogen-bond donors (Lipinski definition) is 1. The van der Waals surface area contributed by atoms with E-state index in [1.807, 2.05) is 0 Å². The van der Waals surface area contributed by atoms with Gasteiger partial charge in [0.05, 0.1) is 6.10 Å². The number of nitrogens with one attached hydrogen (secondary N) is 1. The van der Waals surface area contributed by atoms with Crippen molar-refractivity contribution >= 4 is 0 Å². The Kier molecular flexibility index (Phi) is 5.66. The van der Waals surface area contributed by atoms with Crippen LogP contribution < -0.4 is 5.32 Å². The monoisotopic (exact) mass is 235 g/mol. The average molecular weight is 235 g/mol.